The molecule has 1 rings (SSSR count). The molecule has 0 saturated heterocycles. The molecule has 1 atom stereocenters. The summed E-state index contributed by atoms with van der Waals surface area (Å²) in [6.45, 7) is 4.19. The predicted octanol–water partition coefficient (Wildman–Crippen LogP) is 1.46. The van der Waals surface area contributed by atoms with Crippen LogP contribution in [0, 0.1) is 0 Å². The van der Waals surface area contributed by atoms with Crippen LogP contribution in [-0.2, 0) is 0 Å². The first-order valence-corrected chi connectivity index (χ1v) is 5.52. The van der Waals surface area contributed by atoms with Gasteiger partial charge in [0.05, 0.1) is 0 Å². The maximum atomic E-state index is 8.59. The number of nitrogens with zero attached hydrogens (tertiary/aromatic N) is 3. The second kappa shape index (κ2) is 5.55. The average molecular weight is 226 g/mol. The Hall–Kier alpha value is -1.30. The van der Waals surface area contributed by atoms with E-state index in [9.17, 15) is 0 Å². The van der Waals surface area contributed by atoms with Gasteiger partial charge in [-0.1, -0.05) is 19.0 Å². The average Bonchev–Trinajstić information content (AvgIpc) is 2.28. The normalized spacial score (nSPS) is 13.9. The summed E-state index contributed by atoms with van der Waals surface area (Å²) < 4.78 is 0. The van der Waals surface area contributed by atoms with Crippen LogP contribution in [0.4, 0.5) is 0 Å². The highest BCUT2D eigenvalue weighted by Gasteiger charge is 2.12. The molecule has 3 N–H and O–H groups in total. The molecular formula is C9H14N4OS. The topological polar surface area (TPSA) is 84.4 Å². The largest absolute Gasteiger partial charge is 0.409 e. The third-order valence-electron chi connectivity index (χ3n) is 1.90. The molecule has 5 nitrogen and oxygen atoms in total. The highest BCUT2D eigenvalue weighted by atomic mass is 32.2. The fourth-order valence-electron chi connectivity index (χ4n) is 0.908. The maximum Gasteiger partial charge on any atom is 0.191 e. The summed E-state index contributed by atoms with van der Waals surface area (Å²) >= 11 is 1.57. The van der Waals surface area contributed by atoms with Crippen LogP contribution in [0.15, 0.2) is 22.6 Å². The standard InChI is InChI=1S/C9H14N4OS/c1-3-6(2)15-9-7(8(10)13-14)11-4-5-12-9/h4-6,14H,3H2,1-2H3,(H2,10,13). The Balaban J connectivity index is 2.96. The maximum absolute atomic E-state index is 8.59. The van der Waals surface area contributed by atoms with E-state index in [0.717, 1.165) is 6.42 Å². The molecule has 0 saturated carbocycles. The Bertz CT molecular complexity index is 356. The van der Waals surface area contributed by atoms with Crippen molar-refractivity contribution in [1.82, 2.24) is 9.97 Å². The number of thioether (sulfide) groups is 1. The van der Waals surface area contributed by atoms with Crippen molar-refractivity contribution in [2.45, 2.75) is 30.5 Å². The van der Waals surface area contributed by atoms with Crippen molar-refractivity contribution in [2.75, 3.05) is 0 Å². The summed E-state index contributed by atoms with van der Waals surface area (Å²) in [6, 6.07) is 0. The van der Waals surface area contributed by atoms with Crippen molar-refractivity contribution in [3.05, 3.63) is 18.1 Å². The minimum Gasteiger partial charge on any atom is -0.409 e. The number of amidine groups is 1. The van der Waals surface area contributed by atoms with Crippen LogP contribution in [0.2, 0.25) is 0 Å². The van der Waals surface area contributed by atoms with Crippen LogP contribution in [-0.4, -0.2) is 26.3 Å². The van der Waals surface area contributed by atoms with Crippen molar-refractivity contribution < 1.29 is 5.21 Å². The lowest BCUT2D eigenvalue weighted by Gasteiger charge is -2.09. The Morgan fingerprint density at radius 2 is 2.27 bits per heavy atom. The van der Waals surface area contributed by atoms with E-state index in [1.165, 1.54) is 6.20 Å². The summed E-state index contributed by atoms with van der Waals surface area (Å²) in [6.07, 6.45) is 4.14. The molecule has 1 unspecified atom stereocenters. The lowest BCUT2D eigenvalue weighted by atomic mass is 10.4. The Morgan fingerprint density at radius 3 is 2.87 bits per heavy atom. The van der Waals surface area contributed by atoms with Gasteiger partial charge in [0.25, 0.3) is 0 Å². The summed E-state index contributed by atoms with van der Waals surface area (Å²) in [7, 11) is 0. The summed E-state index contributed by atoms with van der Waals surface area (Å²) in [5.41, 5.74) is 5.93. The molecule has 0 spiro atoms. The van der Waals surface area contributed by atoms with E-state index in [1.807, 2.05) is 0 Å². The van der Waals surface area contributed by atoms with Crippen LogP contribution >= 0.6 is 11.8 Å². The Labute approximate surface area is 92.8 Å². The van der Waals surface area contributed by atoms with Gasteiger partial charge >= 0.3 is 0 Å². The van der Waals surface area contributed by atoms with Gasteiger partial charge in [-0.15, -0.1) is 11.8 Å². The number of oxime groups is 1. The SMILES string of the molecule is CCC(C)Sc1nccnc1C(N)=NO. The third kappa shape index (κ3) is 3.09. The van der Waals surface area contributed by atoms with Crippen LogP contribution in [0.5, 0.6) is 0 Å². The highest BCUT2D eigenvalue weighted by Crippen LogP contribution is 2.24. The number of rotatable bonds is 4. The van der Waals surface area contributed by atoms with E-state index < -0.39 is 0 Å². The van der Waals surface area contributed by atoms with Gasteiger partial charge in [0.15, 0.2) is 5.84 Å². The summed E-state index contributed by atoms with van der Waals surface area (Å²) in [5.74, 6) is -0.00565. The fourth-order valence-corrected chi connectivity index (χ4v) is 1.85. The molecule has 0 aromatic carbocycles. The molecule has 0 aliphatic carbocycles. The van der Waals surface area contributed by atoms with E-state index in [1.54, 1.807) is 18.0 Å². The van der Waals surface area contributed by atoms with Crippen molar-refractivity contribution in [3.8, 4) is 0 Å². The molecule has 0 radical (unpaired) electrons. The number of nitrogens with two attached hydrogens (primary N) is 1. The second-order valence-corrected chi connectivity index (χ2v) is 4.46. The van der Waals surface area contributed by atoms with Gasteiger partial charge in [0.2, 0.25) is 0 Å². The van der Waals surface area contributed by atoms with Gasteiger partial charge < -0.3 is 10.9 Å². The van der Waals surface area contributed by atoms with E-state index in [-0.39, 0.29) is 5.84 Å². The van der Waals surface area contributed by atoms with Gasteiger partial charge in [0.1, 0.15) is 10.7 Å². The van der Waals surface area contributed by atoms with Crippen molar-refractivity contribution >= 4 is 17.6 Å². The zero-order valence-corrected chi connectivity index (χ0v) is 9.53. The summed E-state index contributed by atoms with van der Waals surface area (Å²) in [5, 5.41) is 12.6. The first-order chi connectivity index (χ1) is 7.19. The lowest BCUT2D eigenvalue weighted by molar-refractivity contribution is 0.318. The quantitative estimate of drug-likeness (QED) is 0.267. The number of hydrogen-bond acceptors (Lipinski definition) is 5. The fraction of sp³-hybridized carbons (Fsp3) is 0.444. The van der Waals surface area contributed by atoms with Crippen molar-refractivity contribution in [1.29, 1.82) is 0 Å². The highest BCUT2D eigenvalue weighted by molar-refractivity contribution is 7.99. The zero-order chi connectivity index (χ0) is 11.3. The molecule has 0 bridgehead atoms. The molecule has 0 amide bonds. The molecule has 1 aromatic rings. The Morgan fingerprint density at radius 1 is 1.60 bits per heavy atom. The zero-order valence-electron chi connectivity index (χ0n) is 8.71. The van der Waals surface area contributed by atoms with Gasteiger partial charge in [-0.2, -0.15) is 0 Å². The molecule has 15 heavy (non-hydrogen) atoms. The van der Waals surface area contributed by atoms with Gasteiger partial charge in [-0.05, 0) is 6.42 Å². The van der Waals surface area contributed by atoms with E-state index >= 15 is 0 Å². The number of hydrogen-bond donors (Lipinski definition) is 2. The van der Waals surface area contributed by atoms with Crippen LogP contribution in [0.25, 0.3) is 0 Å². The molecule has 82 valence electrons. The van der Waals surface area contributed by atoms with Crippen LogP contribution in [0.3, 0.4) is 0 Å². The van der Waals surface area contributed by atoms with E-state index in [0.29, 0.717) is 16.0 Å². The first-order valence-electron chi connectivity index (χ1n) is 4.64. The van der Waals surface area contributed by atoms with E-state index in [2.05, 4.69) is 29.0 Å². The lowest BCUT2D eigenvalue weighted by Crippen LogP contribution is -2.17. The van der Waals surface area contributed by atoms with E-state index in [4.69, 9.17) is 10.9 Å². The molecule has 6 heteroatoms. The smallest absolute Gasteiger partial charge is 0.191 e. The first kappa shape index (κ1) is 11.8. The molecule has 1 aromatic heterocycles. The molecule has 0 aliphatic heterocycles. The third-order valence-corrected chi connectivity index (χ3v) is 3.16. The Kier molecular flexibility index (Phi) is 4.36. The van der Waals surface area contributed by atoms with Gasteiger partial charge in [-0.25, -0.2) is 9.97 Å². The van der Waals surface area contributed by atoms with Crippen LogP contribution < -0.4 is 5.73 Å². The van der Waals surface area contributed by atoms with Gasteiger partial charge in [0, 0.05) is 17.6 Å². The molecule has 1 heterocycles. The minimum absolute atomic E-state index is 0.00565. The molecular weight excluding hydrogens is 212 g/mol. The van der Waals surface area contributed by atoms with Crippen molar-refractivity contribution in [2.24, 2.45) is 10.9 Å². The van der Waals surface area contributed by atoms with Gasteiger partial charge in [-0.3, -0.25) is 0 Å². The molecule has 0 aliphatic rings. The second-order valence-electron chi connectivity index (χ2n) is 3.03. The number of aromatic nitrogens is 2. The minimum atomic E-state index is -0.00565. The monoisotopic (exact) mass is 226 g/mol. The molecule has 0 fully saturated rings. The predicted molar refractivity (Wildman–Crippen MR) is 60.2 cm³/mol. The van der Waals surface area contributed by atoms with Crippen LogP contribution in [0.1, 0.15) is 26.0 Å². The summed E-state index contributed by atoms with van der Waals surface area (Å²) in [4.78, 5) is 8.20. The van der Waals surface area contributed by atoms with Crippen molar-refractivity contribution in [3.63, 3.8) is 0 Å².